The third kappa shape index (κ3) is 3.98. The Hall–Kier alpha value is -1.39. The average Bonchev–Trinajstić information content (AvgIpc) is 2.49. The van der Waals surface area contributed by atoms with Gasteiger partial charge in [0.15, 0.2) is 0 Å². The Morgan fingerprint density at radius 1 is 1.00 bits per heavy atom. The molecular formula is C14H8Br2F3NO3S. The standard InChI is InChI=1S/C14H8Br2F3NO3S/c15-9-3-6-12(11(16)7-9)20-13(21)8-1-4-10(5-2-8)24(22,23)14(17,18)19/h1-7H,(H,20,21). The predicted octanol–water partition coefficient (Wildman–Crippen LogP) is 4.76. The monoisotopic (exact) mass is 485 g/mol. The molecule has 2 aromatic rings. The van der Waals surface area contributed by atoms with Crippen molar-refractivity contribution in [2.45, 2.75) is 10.4 Å². The zero-order valence-electron chi connectivity index (χ0n) is 11.6. The molecule has 1 N–H and O–H groups in total. The number of carbonyl (C=O) groups excluding carboxylic acids is 1. The summed E-state index contributed by atoms with van der Waals surface area (Å²) in [5.41, 5.74) is -4.92. The second kappa shape index (κ2) is 6.85. The van der Waals surface area contributed by atoms with E-state index in [1.165, 1.54) is 0 Å². The molecule has 0 radical (unpaired) electrons. The number of carbonyl (C=O) groups is 1. The summed E-state index contributed by atoms with van der Waals surface area (Å²) < 4.78 is 61.3. The SMILES string of the molecule is O=C(Nc1ccc(Br)cc1Br)c1ccc(S(=O)(=O)C(F)(F)F)cc1. The molecule has 4 nitrogen and oxygen atoms in total. The van der Waals surface area contributed by atoms with Crippen LogP contribution in [0.3, 0.4) is 0 Å². The second-order valence-electron chi connectivity index (χ2n) is 4.55. The summed E-state index contributed by atoms with van der Waals surface area (Å²) in [5.74, 6) is -0.589. The van der Waals surface area contributed by atoms with Crippen LogP contribution in [0, 0.1) is 0 Å². The molecule has 1 amide bonds. The zero-order valence-corrected chi connectivity index (χ0v) is 15.6. The van der Waals surface area contributed by atoms with E-state index >= 15 is 0 Å². The number of alkyl halides is 3. The lowest BCUT2D eigenvalue weighted by molar-refractivity contribution is -0.0436. The van der Waals surface area contributed by atoms with Crippen molar-refractivity contribution in [3.8, 4) is 0 Å². The molecule has 128 valence electrons. The molecule has 0 heterocycles. The van der Waals surface area contributed by atoms with Crippen LogP contribution in [-0.2, 0) is 9.84 Å². The van der Waals surface area contributed by atoms with Gasteiger partial charge in [-0.15, -0.1) is 0 Å². The van der Waals surface area contributed by atoms with Crippen LogP contribution in [0.4, 0.5) is 18.9 Å². The minimum absolute atomic E-state index is 0.0194. The minimum atomic E-state index is -5.43. The van der Waals surface area contributed by atoms with Crippen LogP contribution in [0.2, 0.25) is 0 Å². The summed E-state index contributed by atoms with van der Waals surface area (Å²) in [6.45, 7) is 0. The maximum atomic E-state index is 12.5. The van der Waals surface area contributed by atoms with E-state index in [1.54, 1.807) is 18.2 Å². The van der Waals surface area contributed by atoms with E-state index in [-0.39, 0.29) is 5.56 Å². The van der Waals surface area contributed by atoms with Gasteiger partial charge < -0.3 is 5.32 Å². The highest BCUT2D eigenvalue weighted by molar-refractivity contribution is 9.11. The summed E-state index contributed by atoms with van der Waals surface area (Å²) in [5, 5.41) is 2.56. The van der Waals surface area contributed by atoms with Crippen molar-refractivity contribution in [3.05, 3.63) is 57.0 Å². The fourth-order valence-corrected chi connectivity index (χ4v) is 3.61. The Kier molecular flexibility index (Phi) is 5.41. The summed E-state index contributed by atoms with van der Waals surface area (Å²) >= 11 is 6.52. The van der Waals surface area contributed by atoms with Crippen molar-refractivity contribution in [2.75, 3.05) is 5.32 Å². The Balaban J connectivity index is 2.23. The predicted molar refractivity (Wildman–Crippen MR) is 89.5 cm³/mol. The molecule has 0 aromatic heterocycles. The van der Waals surface area contributed by atoms with Crippen molar-refractivity contribution in [3.63, 3.8) is 0 Å². The number of rotatable bonds is 3. The number of hydrogen-bond donors (Lipinski definition) is 1. The number of sulfone groups is 1. The molecule has 10 heteroatoms. The molecule has 0 bridgehead atoms. The number of anilines is 1. The van der Waals surface area contributed by atoms with Crippen molar-refractivity contribution in [1.82, 2.24) is 0 Å². The number of nitrogens with one attached hydrogen (secondary N) is 1. The molecule has 0 saturated heterocycles. The lowest BCUT2D eigenvalue weighted by Crippen LogP contribution is -2.23. The minimum Gasteiger partial charge on any atom is -0.321 e. The Morgan fingerprint density at radius 2 is 1.58 bits per heavy atom. The third-order valence-corrected chi connectivity index (χ3v) is 5.56. The molecule has 0 atom stereocenters. The van der Waals surface area contributed by atoms with Gasteiger partial charge in [0.25, 0.3) is 15.7 Å². The van der Waals surface area contributed by atoms with Crippen LogP contribution in [0.25, 0.3) is 0 Å². The highest BCUT2D eigenvalue weighted by Gasteiger charge is 2.46. The highest BCUT2D eigenvalue weighted by Crippen LogP contribution is 2.30. The molecule has 0 spiro atoms. The van der Waals surface area contributed by atoms with Crippen molar-refractivity contribution < 1.29 is 26.4 Å². The molecular weight excluding hydrogens is 479 g/mol. The van der Waals surface area contributed by atoms with E-state index in [0.29, 0.717) is 10.2 Å². The molecule has 2 rings (SSSR count). The van der Waals surface area contributed by atoms with Gasteiger partial charge in [0.05, 0.1) is 10.6 Å². The summed E-state index contributed by atoms with van der Waals surface area (Å²) in [6.07, 6.45) is 0. The number of amides is 1. The normalized spacial score (nSPS) is 12.0. The van der Waals surface area contributed by atoms with Gasteiger partial charge in [-0.25, -0.2) is 8.42 Å². The van der Waals surface area contributed by atoms with Crippen LogP contribution < -0.4 is 5.32 Å². The van der Waals surface area contributed by atoms with Gasteiger partial charge in [-0.1, -0.05) is 15.9 Å². The Bertz CT molecular complexity index is 881. The molecule has 0 unspecified atom stereocenters. The molecule has 0 aliphatic carbocycles. The van der Waals surface area contributed by atoms with Crippen LogP contribution >= 0.6 is 31.9 Å². The second-order valence-corrected chi connectivity index (χ2v) is 8.26. The van der Waals surface area contributed by atoms with E-state index in [9.17, 15) is 26.4 Å². The van der Waals surface area contributed by atoms with Gasteiger partial charge in [-0.2, -0.15) is 13.2 Å². The van der Waals surface area contributed by atoms with Crippen LogP contribution in [0.5, 0.6) is 0 Å². The maximum absolute atomic E-state index is 12.5. The largest absolute Gasteiger partial charge is 0.501 e. The lowest BCUT2D eigenvalue weighted by Gasteiger charge is -2.10. The molecule has 0 fully saturated rings. The van der Waals surface area contributed by atoms with Gasteiger partial charge in [-0.05, 0) is 58.4 Å². The molecule has 0 aliphatic heterocycles. The highest BCUT2D eigenvalue weighted by atomic mass is 79.9. The van der Waals surface area contributed by atoms with Gasteiger partial charge in [0, 0.05) is 14.5 Å². The Labute approximate surface area is 152 Å². The smallest absolute Gasteiger partial charge is 0.321 e. The van der Waals surface area contributed by atoms with Crippen LogP contribution in [0.1, 0.15) is 10.4 Å². The van der Waals surface area contributed by atoms with Gasteiger partial charge in [0.1, 0.15) is 0 Å². The zero-order chi connectivity index (χ0) is 18.1. The molecule has 24 heavy (non-hydrogen) atoms. The first kappa shape index (κ1) is 18.9. The van der Waals surface area contributed by atoms with Crippen LogP contribution in [-0.4, -0.2) is 19.8 Å². The average molecular weight is 487 g/mol. The fraction of sp³-hybridized carbons (Fsp3) is 0.0714. The van der Waals surface area contributed by atoms with E-state index in [2.05, 4.69) is 37.2 Å². The molecule has 2 aromatic carbocycles. The number of halogens is 5. The third-order valence-electron chi connectivity index (χ3n) is 2.91. The number of benzene rings is 2. The first-order valence-electron chi connectivity index (χ1n) is 6.20. The summed E-state index contributed by atoms with van der Waals surface area (Å²) in [4.78, 5) is 11.2. The van der Waals surface area contributed by atoms with E-state index in [0.717, 1.165) is 28.7 Å². The van der Waals surface area contributed by atoms with Gasteiger partial charge in [-0.3, -0.25) is 4.79 Å². The maximum Gasteiger partial charge on any atom is 0.501 e. The van der Waals surface area contributed by atoms with E-state index in [4.69, 9.17) is 0 Å². The quantitative estimate of drug-likeness (QED) is 0.680. The molecule has 0 aliphatic rings. The van der Waals surface area contributed by atoms with Crippen molar-refractivity contribution >= 4 is 53.3 Å². The fourth-order valence-electron chi connectivity index (χ4n) is 1.70. The topological polar surface area (TPSA) is 63.2 Å². The van der Waals surface area contributed by atoms with E-state index in [1.807, 2.05) is 0 Å². The summed E-state index contributed by atoms with van der Waals surface area (Å²) in [7, 11) is -5.43. The summed E-state index contributed by atoms with van der Waals surface area (Å²) in [6, 6.07) is 8.53. The van der Waals surface area contributed by atoms with Crippen molar-refractivity contribution in [2.24, 2.45) is 0 Å². The Morgan fingerprint density at radius 3 is 2.08 bits per heavy atom. The lowest BCUT2D eigenvalue weighted by atomic mass is 10.2. The van der Waals surface area contributed by atoms with Gasteiger partial charge in [0.2, 0.25) is 0 Å². The molecule has 0 saturated carbocycles. The number of hydrogen-bond acceptors (Lipinski definition) is 3. The van der Waals surface area contributed by atoms with Gasteiger partial charge >= 0.3 is 5.51 Å². The van der Waals surface area contributed by atoms with E-state index < -0.39 is 26.1 Å². The first-order chi connectivity index (χ1) is 11.0. The van der Waals surface area contributed by atoms with Crippen molar-refractivity contribution in [1.29, 1.82) is 0 Å². The van der Waals surface area contributed by atoms with Crippen LogP contribution in [0.15, 0.2) is 56.3 Å². The first-order valence-corrected chi connectivity index (χ1v) is 9.27.